The van der Waals surface area contributed by atoms with Crippen molar-refractivity contribution in [2.45, 2.75) is 33.1 Å². The number of aliphatic hydroxyl groups is 1. The van der Waals surface area contributed by atoms with E-state index < -0.39 is 11.5 Å². The molecule has 1 N–H and O–H groups in total. The summed E-state index contributed by atoms with van der Waals surface area (Å²) in [6.45, 7) is 3.91. The molecular weight excluding hydrogens is 409 g/mol. The monoisotopic (exact) mass is 431 g/mol. The zero-order chi connectivity index (χ0) is 21.8. The zero-order valence-corrected chi connectivity index (χ0v) is 17.6. The van der Waals surface area contributed by atoms with Gasteiger partial charge in [0.05, 0.1) is 22.8 Å². The van der Waals surface area contributed by atoms with E-state index in [1.807, 2.05) is 13.8 Å². The third-order valence-electron chi connectivity index (χ3n) is 4.58. The number of hydrogen-bond donors (Lipinski definition) is 1. The lowest BCUT2D eigenvalue weighted by Crippen LogP contribution is -2.24. The van der Waals surface area contributed by atoms with Gasteiger partial charge in [-0.2, -0.15) is 4.68 Å². The molecule has 0 radical (unpaired) electrons. The lowest BCUT2D eigenvalue weighted by molar-refractivity contribution is -0.119. The normalized spacial score (nSPS) is 11.3. The summed E-state index contributed by atoms with van der Waals surface area (Å²) < 4.78 is 16.1. The van der Waals surface area contributed by atoms with Crippen LogP contribution in [0.2, 0.25) is 5.02 Å². The summed E-state index contributed by atoms with van der Waals surface area (Å²) in [6.07, 6.45) is 0.839. The van der Waals surface area contributed by atoms with Crippen LogP contribution in [0.3, 0.4) is 0 Å². The summed E-state index contributed by atoms with van der Waals surface area (Å²) in [5, 5.41) is 13.3. The first-order valence-electron chi connectivity index (χ1n) is 9.68. The van der Waals surface area contributed by atoms with Crippen LogP contribution in [0.5, 0.6) is 0 Å². The number of ketones is 1. The topological polar surface area (TPSA) is 77.1 Å². The summed E-state index contributed by atoms with van der Waals surface area (Å²) in [5.41, 5.74) is 1.29. The van der Waals surface area contributed by atoms with Gasteiger partial charge in [0.1, 0.15) is 17.4 Å². The van der Waals surface area contributed by atoms with E-state index in [1.165, 1.54) is 27.4 Å². The van der Waals surface area contributed by atoms with Crippen LogP contribution in [-0.2, 0) is 17.6 Å². The third kappa shape index (κ3) is 4.86. The molecule has 0 saturated carbocycles. The highest BCUT2D eigenvalue weighted by atomic mass is 35.5. The van der Waals surface area contributed by atoms with Gasteiger partial charge in [0, 0.05) is 13.0 Å². The van der Waals surface area contributed by atoms with Crippen molar-refractivity contribution in [3.8, 4) is 11.4 Å². The molecule has 30 heavy (non-hydrogen) atoms. The third-order valence-corrected chi connectivity index (χ3v) is 4.87. The van der Waals surface area contributed by atoms with Crippen molar-refractivity contribution >= 4 is 17.4 Å². The van der Waals surface area contributed by atoms with E-state index in [-0.39, 0.29) is 35.6 Å². The Morgan fingerprint density at radius 2 is 1.83 bits per heavy atom. The van der Waals surface area contributed by atoms with Crippen LogP contribution < -0.4 is 5.69 Å². The second kappa shape index (κ2) is 9.36. The Bertz CT molecular complexity index is 1100. The molecule has 2 aromatic carbocycles. The fourth-order valence-corrected chi connectivity index (χ4v) is 3.39. The number of aromatic nitrogens is 3. The van der Waals surface area contributed by atoms with E-state index in [2.05, 4.69) is 5.10 Å². The molecule has 0 aliphatic heterocycles. The van der Waals surface area contributed by atoms with Gasteiger partial charge < -0.3 is 5.11 Å². The highest BCUT2D eigenvalue weighted by Crippen LogP contribution is 2.20. The average molecular weight is 432 g/mol. The number of Topliss-reactive ketones (excluding diaryl/α,β-unsaturated/α-hetero) is 1. The first kappa shape index (κ1) is 21.9. The lowest BCUT2D eigenvalue weighted by Gasteiger charge is -2.07. The van der Waals surface area contributed by atoms with Crippen molar-refractivity contribution in [3.63, 3.8) is 0 Å². The number of benzene rings is 2. The fourth-order valence-electron chi connectivity index (χ4n) is 3.21. The molecule has 0 spiro atoms. The van der Waals surface area contributed by atoms with Crippen molar-refractivity contribution in [1.29, 1.82) is 0 Å². The molecule has 8 heteroatoms. The molecule has 158 valence electrons. The summed E-state index contributed by atoms with van der Waals surface area (Å²) in [5.74, 6) is -0.209. The molecule has 3 aromatic rings. The molecule has 0 unspecified atom stereocenters. The standard InChI is InChI=1S/C22H23ClFN3O3/c1-14(2)11-18(29)13-21-25-27(16-5-3-15(4-6-16)9-10-28)22(30)26(21)17-7-8-20(24)19(23)12-17/h3-8,12,14,28H,9-11,13H2,1-2H3. The molecule has 0 fully saturated rings. The number of carbonyl (C=O) groups excluding carboxylic acids is 1. The largest absolute Gasteiger partial charge is 0.396 e. The van der Waals surface area contributed by atoms with Gasteiger partial charge in [-0.05, 0) is 48.2 Å². The minimum Gasteiger partial charge on any atom is -0.396 e. The van der Waals surface area contributed by atoms with Crippen LogP contribution in [0.25, 0.3) is 11.4 Å². The van der Waals surface area contributed by atoms with Crippen LogP contribution in [0.4, 0.5) is 4.39 Å². The van der Waals surface area contributed by atoms with Gasteiger partial charge in [-0.15, -0.1) is 5.10 Å². The molecule has 1 heterocycles. The van der Waals surface area contributed by atoms with Gasteiger partial charge in [0.25, 0.3) is 0 Å². The van der Waals surface area contributed by atoms with Crippen LogP contribution >= 0.6 is 11.6 Å². The maximum Gasteiger partial charge on any atom is 0.355 e. The number of halogens is 2. The van der Waals surface area contributed by atoms with E-state index in [0.29, 0.717) is 24.2 Å². The second-order valence-electron chi connectivity index (χ2n) is 7.50. The van der Waals surface area contributed by atoms with Gasteiger partial charge in [0.15, 0.2) is 0 Å². The number of rotatable bonds is 8. The quantitative estimate of drug-likeness (QED) is 0.592. The summed E-state index contributed by atoms with van der Waals surface area (Å²) in [4.78, 5) is 25.6. The highest BCUT2D eigenvalue weighted by molar-refractivity contribution is 6.30. The van der Waals surface area contributed by atoms with Crippen molar-refractivity contribution < 1.29 is 14.3 Å². The molecule has 3 rings (SSSR count). The number of nitrogens with zero attached hydrogens (tertiary/aromatic N) is 3. The second-order valence-corrected chi connectivity index (χ2v) is 7.91. The summed E-state index contributed by atoms with van der Waals surface area (Å²) >= 11 is 5.91. The predicted octanol–water partition coefficient (Wildman–Crippen LogP) is 3.51. The van der Waals surface area contributed by atoms with E-state index in [9.17, 15) is 14.0 Å². The van der Waals surface area contributed by atoms with Crippen molar-refractivity contribution in [3.05, 3.63) is 75.2 Å². The van der Waals surface area contributed by atoms with Gasteiger partial charge >= 0.3 is 5.69 Å². The van der Waals surface area contributed by atoms with Gasteiger partial charge in [0.2, 0.25) is 0 Å². The molecule has 0 atom stereocenters. The van der Waals surface area contributed by atoms with Crippen LogP contribution in [0, 0.1) is 11.7 Å². The molecular formula is C22H23ClFN3O3. The zero-order valence-electron chi connectivity index (χ0n) is 16.8. The van der Waals surface area contributed by atoms with Crippen LogP contribution in [0.15, 0.2) is 47.3 Å². The minimum absolute atomic E-state index is 0.0291. The Balaban J connectivity index is 2.09. The van der Waals surface area contributed by atoms with E-state index in [0.717, 1.165) is 5.56 Å². The molecule has 0 bridgehead atoms. The Morgan fingerprint density at radius 3 is 2.43 bits per heavy atom. The SMILES string of the molecule is CC(C)CC(=O)Cc1nn(-c2ccc(CCO)cc2)c(=O)n1-c1ccc(F)c(Cl)c1. The van der Waals surface area contributed by atoms with Crippen LogP contribution in [0.1, 0.15) is 31.7 Å². The molecule has 0 amide bonds. The van der Waals surface area contributed by atoms with E-state index >= 15 is 0 Å². The Labute approximate surface area is 178 Å². The number of hydrogen-bond acceptors (Lipinski definition) is 4. The smallest absolute Gasteiger partial charge is 0.355 e. The summed E-state index contributed by atoms with van der Waals surface area (Å²) in [6, 6.07) is 11.0. The van der Waals surface area contributed by atoms with Crippen LogP contribution in [-0.4, -0.2) is 31.8 Å². The number of aliphatic hydroxyl groups excluding tert-OH is 1. The Hall–Kier alpha value is -2.77. The molecule has 0 aliphatic carbocycles. The summed E-state index contributed by atoms with van der Waals surface area (Å²) in [7, 11) is 0. The molecule has 6 nitrogen and oxygen atoms in total. The van der Waals surface area contributed by atoms with Gasteiger partial charge in [-0.1, -0.05) is 37.6 Å². The van der Waals surface area contributed by atoms with E-state index in [4.69, 9.17) is 16.7 Å². The fraction of sp³-hybridized carbons (Fsp3) is 0.318. The molecule has 0 saturated heterocycles. The molecule has 1 aromatic heterocycles. The Kier molecular flexibility index (Phi) is 6.84. The highest BCUT2D eigenvalue weighted by Gasteiger charge is 2.20. The maximum atomic E-state index is 13.6. The number of carbonyl (C=O) groups is 1. The van der Waals surface area contributed by atoms with Gasteiger partial charge in [-0.25, -0.2) is 13.8 Å². The lowest BCUT2D eigenvalue weighted by atomic mass is 10.1. The van der Waals surface area contributed by atoms with E-state index in [1.54, 1.807) is 24.3 Å². The van der Waals surface area contributed by atoms with Crippen molar-refractivity contribution in [2.75, 3.05) is 6.61 Å². The average Bonchev–Trinajstić information content (AvgIpc) is 3.00. The predicted molar refractivity (Wildman–Crippen MR) is 113 cm³/mol. The van der Waals surface area contributed by atoms with Crippen molar-refractivity contribution in [2.24, 2.45) is 5.92 Å². The first-order valence-corrected chi connectivity index (χ1v) is 10.1. The van der Waals surface area contributed by atoms with Crippen molar-refractivity contribution in [1.82, 2.24) is 14.3 Å². The molecule has 0 aliphatic rings. The minimum atomic E-state index is -0.599. The maximum absolute atomic E-state index is 13.6. The first-order chi connectivity index (χ1) is 14.3. The van der Waals surface area contributed by atoms with Gasteiger partial charge in [-0.3, -0.25) is 4.79 Å². The Morgan fingerprint density at radius 1 is 1.17 bits per heavy atom.